The molecule has 0 saturated carbocycles. The maximum Gasteiger partial charge on any atom is 0.319 e. The molecule has 7 rings (SSSR count). The first-order chi connectivity index (χ1) is 25.5. The molecule has 264 valence electrons. The number of nitrogens with zero attached hydrogens (tertiary/aromatic N) is 3. The number of thioether (sulfide) groups is 1. The SMILES string of the molecule is Cn1cnnc1SCC1CC(c2ccc(CO)cc2)OC(c2ccc(-c3cccc(CNC(=O)Nc4ccc(Oc5ccccc5)cc4)c3)cc2)O1. The van der Waals surface area contributed by atoms with Crippen LogP contribution in [0.15, 0.2) is 139 Å². The number of aromatic nitrogens is 3. The van der Waals surface area contributed by atoms with E-state index in [1.807, 2.05) is 103 Å². The van der Waals surface area contributed by atoms with Crippen LogP contribution in [0.2, 0.25) is 0 Å². The minimum absolute atomic E-state index is 0.00276. The van der Waals surface area contributed by atoms with Gasteiger partial charge in [0, 0.05) is 37.0 Å². The quantitative estimate of drug-likeness (QED) is 0.108. The molecule has 0 bridgehead atoms. The van der Waals surface area contributed by atoms with Crippen LogP contribution < -0.4 is 15.4 Å². The lowest BCUT2D eigenvalue weighted by atomic mass is 9.99. The Kier molecular flexibility index (Phi) is 11.2. The van der Waals surface area contributed by atoms with Gasteiger partial charge in [-0.15, -0.1) is 10.2 Å². The number of carbonyl (C=O) groups is 1. The molecule has 52 heavy (non-hydrogen) atoms. The average molecular weight is 714 g/mol. The van der Waals surface area contributed by atoms with Crippen molar-refractivity contribution in [1.29, 1.82) is 0 Å². The number of para-hydroxylation sites is 1. The first-order valence-corrected chi connectivity index (χ1v) is 18.0. The summed E-state index contributed by atoms with van der Waals surface area (Å²) < 4.78 is 20.8. The predicted molar refractivity (Wildman–Crippen MR) is 201 cm³/mol. The number of aliphatic hydroxyl groups excluding tert-OH is 1. The molecule has 3 N–H and O–H groups in total. The van der Waals surface area contributed by atoms with Gasteiger partial charge in [-0.25, -0.2) is 4.79 Å². The van der Waals surface area contributed by atoms with E-state index in [4.69, 9.17) is 14.2 Å². The zero-order valence-electron chi connectivity index (χ0n) is 28.6. The van der Waals surface area contributed by atoms with Gasteiger partial charge in [-0.05, 0) is 70.3 Å². The largest absolute Gasteiger partial charge is 0.457 e. The fourth-order valence-electron chi connectivity index (χ4n) is 5.88. The molecule has 11 heteroatoms. The highest BCUT2D eigenvalue weighted by Crippen LogP contribution is 2.39. The standard InChI is InChI=1S/C41H39N5O5S/c1-46-27-43-45-41(46)52-26-37-23-38(31-12-10-28(25-47)11-13-31)51-39(50-37)32-16-14-30(15-17-32)33-7-5-6-29(22-33)24-42-40(48)44-34-18-20-36(21-19-34)49-35-8-3-2-4-9-35/h2-22,27,37-39,47H,23-26H2,1H3,(H2,42,44,48). The van der Waals surface area contributed by atoms with Gasteiger partial charge >= 0.3 is 6.03 Å². The third kappa shape index (κ3) is 9.06. The summed E-state index contributed by atoms with van der Waals surface area (Å²) in [5.41, 5.74) is 6.53. The first kappa shape index (κ1) is 35.0. The summed E-state index contributed by atoms with van der Waals surface area (Å²) in [5, 5.41) is 24.4. The van der Waals surface area contributed by atoms with E-state index in [-0.39, 0.29) is 24.8 Å². The molecule has 2 heterocycles. The van der Waals surface area contributed by atoms with Crippen LogP contribution in [0.3, 0.4) is 0 Å². The number of hydrogen-bond acceptors (Lipinski definition) is 8. The molecule has 3 unspecified atom stereocenters. The van der Waals surface area contributed by atoms with E-state index in [1.54, 1.807) is 30.2 Å². The van der Waals surface area contributed by atoms with Crippen molar-refractivity contribution in [3.63, 3.8) is 0 Å². The van der Waals surface area contributed by atoms with Crippen LogP contribution in [0.25, 0.3) is 11.1 Å². The lowest BCUT2D eigenvalue weighted by molar-refractivity contribution is -0.245. The summed E-state index contributed by atoms with van der Waals surface area (Å²) in [5.74, 6) is 2.14. The molecule has 10 nitrogen and oxygen atoms in total. The minimum atomic E-state index is -0.558. The normalized spacial score (nSPS) is 17.0. The number of aliphatic hydroxyl groups is 1. The van der Waals surface area contributed by atoms with E-state index >= 15 is 0 Å². The number of benzene rings is 5. The number of anilines is 1. The van der Waals surface area contributed by atoms with Crippen molar-refractivity contribution < 1.29 is 24.1 Å². The van der Waals surface area contributed by atoms with Crippen LogP contribution in [0.4, 0.5) is 10.5 Å². The van der Waals surface area contributed by atoms with E-state index in [1.165, 1.54) is 0 Å². The maximum absolute atomic E-state index is 12.7. The third-order valence-corrected chi connectivity index (χ3v) is 9.84. The van der Waals surface area contributed by atoms with Crippen LogP contribution >= 0.6 is 11.8 Å². The molecule has 0 spiro atoms. The average Bonchev–Trinajstić information content (AvgIpc) is 3.61. The molecule has 0 aliphatic carbocycles. The Morgan fingerprint density at radius 1 is 0.846 bits per heavy atom. The van der Waals surface area contributed by atoms with E-state index in [0.29, 0.717) is 30.2 Å². The summed E-state index contributed by atoms with van der Waals surface area (Å²) in [6.45, 7) is 0.363. The smallest absolute Gasteiger partial charge is 0.319 e. The summed E-state index contributed by atoms with van der Waals surface area (Å²) >= 11 is 1.61. The van der Waals surface area contributed by atoms with E-state index in [9.17, 15) is 9.90 Å². The molecule has 6 aromatic rings. The van der Waals surface area contributed by atoms with Gasteiger partial charge in [0.1, 0.15) is 17.8 Å². The summed E-state index contributed by atoms with van der Waals surface area (Å²) in [6, 6.07) is 40.7. The monoisotopic (exact) mass is 713 g/mol. The fourth-order valence-corrected chi connectivity index (χ4v) is 6.78. The van der Waals surface area contributed by atoms with Gasteiger partial charge in [-0.2, -0.15) is 0 Å². The van der Waals surface area contributed by atoms with Gasteiger partial charge in [0.05, 0.1) is 18.8 Å². The van der Waals surface area contributed by atoms with Gasteiger partial charge in [0.15, 0.2) is 11.4 Å². The second-order valence-corrected chi connectivity index (χ2v) is 13.4. The molecule has 1 aliphatic heterocycles. The summed E-state index contributed by atoms with van der Waals surface area (Å²) in [4.78, 5) is 12.7. The van der Waals surface area contributed by atoms with Crippen molar-refractivity contribution in [3.05, 3.63) is 156 Å². The van der Waals surface area contributed by atoms with E-state index < -0.39 is 6.29 Å². The van der Waals surface area contributed by atoms with Crippen LogP contribution in [-0.2, 0) is 29.7 Å². The predicted octanol–water partition coefficient (Wildman–Crippen LogP) is 8.43. The molecule has 1 aliphatic rings. The van der Waals surface area contributed by atoms with Crippen molar-refractivity contribution >= 4 is 23.5 Å². The Hall–Kier alpha value is -5.46. The van der Waals surface area contributed by atoms with Crippen LogP contribution in [0.5, 0.6) is 11.5 Å². The van der Waals surface area contributed by atoms with Gasteiger partial charge in [0.25, 0.3) is 0 Å². The highest BCUT2D eigenvalue weighted by Gasteiger charge is 2.32. The first-order valence-electron chi connectivity index (χ1n) is 17.0. The number of ether oxygens (including phenoxy) is 3. The zero-order valence-corrected chi connectivity index (χ0v) is 29.4. The van der Waals surface area contributed by atoms with Crippen molar-refractivity contribution in [3.8, 4) is 22.6 Å². The Balaban J connectivity index is 0.970. The number of hydrogen-bond donors (Lipinski definition) is 3. The van der Waals surface area contributed by atoms with Crippen LogP contribution in [0, 0.1) is 0 Å². The zero-order chi connectivity index (χ0) is 35.7. The molecule has 5 aromatic carbocycles. The molecule has 3 atom stereocenters. The number of nitrogens with one attached hydrogen (secondary N) is 2. The number of amides is 2. The number of rotatable bonds is 12. The molecular weight excluding hydrogens is 675 g/mol. The Morgan fingerprint density at radius 2 is 1.60 bits per heavy atom. The summed E-state index contributed by atoms with van der Waals surface area (Å²) in [7, 11) is 1.93. The summed E-state index contributed by atoms with van der Waals surface area (Å²) in [6.07, 6.45) is 1.56. The van der Waals surface area contributed by atoms with Gasteiger partial charge < -0.3 is 34.5 Å². The number of aryl methyl sites for hydroxylation is 1. The van der Waals surface area contributed by atoms with Crippen LogP contribution in [0.1, 0.15) is 41.1 Å². The Bertz CT molecular complexity index is 2060. The molecular formula is C41H39N5O5S. The third-order valence-electron chi connectivity index (χ3n) is 8.67. The van der Waals surface area contributed by atoms with Crippen molar-refractivity contribution in [2.24, 2.45) is 7.05 Å². The fraction of sp³-hybridized carbons (Fsp3) is 0.195. The van der Waals surface area contributed by atoms with Crippen molar-refractivity contribution in [1.82, 2.24) is 20.1 Å². The van der Waals surface area contributed by atoms with Gasteiger partial charge in [0.2, 0.25) is 0 Å². The van der Waals surface area contributed by atoms with Gasteiger partial charge in [-0.3, -0.25) is 0 Å². The second-order valence-electron chi connectivity index (χ2n) is 12.5. The Labute approximate surface area is 306 Å². The van der Waals surface area contributed by atoms with Crippen molar-refractivity contribution in [2.45, 2.75) is 43.2 Å². The molecule has 0 radical (unpaired) electrons. The van der Waals surface area contributed by atoms with E-state index in [0.717, 1.165) is 44.3 Å². The Morgan fingerprint density at radius 3 is 2.33 bits per heavy atom. The second kappa shape index (κ2) is 16.7. The molecule has 2 amide bonds. The maximum atomic E-state index is 12.7. The van der Waals surface area contributed by atoms with Crippen LogP contribution in [-0.4, -0.2) is 37.8 Å². The van der Waals surface area contributed by atoms with Crippen molar-refractivity contribution in [2.75, 3.05) is 11.1 Å². The topological polar surface area (TPSA) is 120 Å². The molecule has 1 aromatic heterocycles. The highest BCUT2D eigenvalue weighted by atomic mass is 32.2. The lowest BCUT2D eigenvalue weighted by Gasteiger charge is -2.36. The minimum Gasteiger partial charge on any atom is -0.457 e. The number of carbonyl (C=O) groups excluding carboxylic acids is 1. The lowest BCUT2D eigenvalue weighted by Crippen LogP contribution is -2.31. The molecule has 1 saturated heterocycles. The number of urea groups is 1. The van der Waals surface area contributed by atoms with E-state index in [2.05, 4.69) is 45.1 Å². The highest BCUT2D eigenvalue weighted by molar-refractivity contribution is 7.99. The van der Waals surface area contributed by atoms with Gasteiger partial charge in [-0.1, -0.05) is 96.7 Å². The molecule has 1 fully saturated rings.